The predicted octanol–water partition coefficient (Wildman–Crippen LogP) is 7.29. The van der Waals surface area contributed by atoms with Crippen molar-refractivity contribution in [3.63, 3.8) is 0 Å². The molecule has 0 saturated carbocycles. The van der Waals surface area contributed by atoms with Crippen LogP contribution in [0.4, 0.5) is 10.2 Å². The molecule has 59 heavy (non-hydrogen) atoms. The Hall–Kier alpha value is -4.66. The number of anilines is 1. The number of benzene rings is 3. The second kappa shape index (κ2) is 17.9. The number of nitrogens with zero attached hydrogens (tertiary/aromatic N) is 5. The number of hydrogen-bond donors (Lipinski definition) is 2. The third kappa shape index (κ3) is 9.24. The van der Waals surface area contributed by atoms with E-state index >= 15 is 0 Å². The van der Waals surface area contributed by atoms with E-state index in [9.17, 15) is 18.8 Å². The molecule has 3 saturated heterocycles. The van der Waals surface area contributed by atoms with E-state index in [0.717, 1.165) is 116 Å². The van der Waals surface area contributed by atoms with Crippen LogP contribution in [0.5, 0.6) is 11.5 Å². The molecule has 0 radical (unpaired) electrons. The normalized spacial score (nSPS) is 20.2. The van der Waals surface area contributed by atoms with E-state index in [1.165, 1.54) is 11.0 Å². The summed E-state index contributed by atoms with van der Waals surface area (Å²) in [6.07, 6.45) is 6.48. The molecular formula is C45H53BrFN7O5. The SMILES string of the molecule is COc1cc2c(N[C@H](C)c3cccc(Br)c3)nc(C)nc2cc1OC1CCN(CCCCN2CCC(c3cc(F)cc4c3CN(C3CCC(=O)NC3=O)C4=O)CC2)CC1. The molecule has 0 aliphatic carbocycles. The molecule has 1 unspecified atom stereocenters. The van der Waals surface area contributed by atoms with Gasteiger partial charge in [-0.3, -0.25) is 19.7 Å². The van der Waals surface area contributed by atoms with Crippen LogP contribution in [0.2, 0.25) is 0 Å². The summed E-state index contributed by atoms with van der Waals surface area (Å²) in [7, 11) is 1.67. The first-order chi connectivity index (χ1) is 28.5. The number of amides is 3. The van der Waals surface area contributed by atoms with Crippen LogP contribution in [0.3, 0.4) is 0 Å². The van der Waals surface area contributed by atoms with Crippen molar-refractivity contribution in [2.24, 2.45) is 0 Å². The molecule has 0 spiro atoms. The van der Waals surface area contributed by atoms with Gasteiger partial charge in [-0.1, -0.05) is 28.1 Å². The Morgan fingerprint density at radius 1 is 0.932 bits per heavy atom. The van der Waals surface area contributed by atoms with Crippen molar-refractivity contribution in [3.8, 4) is 11.5 Å². The number of carbonyl (C=O) groups excluding carboxylic acids is 3. The molecule has 3 aromatic carbocycles. The minimum absolute atomic E-state index is 0.0308. The van der Waals surface area contributed by atoms with Gasteiger partial charge >= 0.3 is 0 Å². The number of aromatic nitrogens is 2. The fourth-order valence-corrected chi connectivity index (χ4v) is 9.68. The van der Waals surface area contributed by atoms with Crippen LogP contribution in [0.25, 0.3) is 10.9 Å². The number of unbranched alkanes of at least 4 members (excludes halogenated alkanes) is 1. The number of ether oxygens (including phenoxy) is 2. The maximum atomic E-state index is 14.9. The lowest BCUT2D eigenvalue weighted by atomic mass is 9.85. The Kier molecular flexibility index (Phi) is 12.5. The van der Waals surface area contributed by atoms with E-state index in [1.807, 2.05) is 31.2 Å². The van der Waals surface area contributed by atoms with E-state index in [4.69, 9.17) is 19.4 Å². The minimum Gasteiger partial charge on any atom is -0.493 e. The van der Waals surface area contributed by atoms with Crippen LogP contribution in [0, 0.1) is 12.7 Å². The van der Waals surface area contributed by atoms with Gasteiger partial charge in [-0.05, 0) is 138 Å². The molecule has 2 atom stereocenters. The number of likely N-dealkylation sites (tertiary alicyclic amines) is 2. The monoisotopic (exact) mass is 869 g/mol. The number of fused-ring (bicyclic) bond motifs is 2. The quantitative estimate of drug-likeness (QED) is 0.105. The summed E-state index contributed by atoms with van der Waals surface area (Å²) in [5.41, 5.74) is 4.04. The summed E-state index contributed by atoms with van der Waals surface area (Å²) in [5.74, 6) is 1.45. The molecule has 1 aromatic heterocycles. The molecule has 3 amide bonds. The second-order valence-electron chi connectivity index (χ2n) is 16.5. The second-order valence-corrected chi connectivity index (χ2v) is 17.4. The summed E-state index contributed by atoms with van der Waals surface area (Å²) in [4.78, 5) is 53.6. The maximum absolute atomic E-state index is 14.9. The van der Waals surface area contributed by atoms with E-state index in [2.05, 4.69) is 55.4 Å². The lowest BCUT2D eigenvalue weighted by Gasteiger charge is -2.34. The first kappa shape index (κ1) is 41.1. The molecule has 5 heterocycles. The number of halogens is 2. The van der Waals surface area contributed by atoms with Crippen molar-refractivity contribution >= 4 is 50.4 Å². The molecule has 2 N–H and O–H groups in total. The van der Waals surface area contributed by atoms with Crippen molar-refractivity contribution in [2.45, 2.75) is 95.9 Å². The highest BCUT2D eigenvalue weighted by Gasteiger charge is 2.41. The van der Waals surface area contributed by atoms with Crippen molar-refractivity contribution in [3.05, 3.63) is 86.9 Å². The Bertz CT molecular complexity index is 2220. The molecule has 4 aliphatic heterocycles. The third-order valence-electron chi connectivity index (χ3n) is 12.5. The van der Waals surface area contributed by atoms with E-state index in [1.54, 1.807) is 13.2 Å². The number of imide groups is 1. The van der Waals surface area contributed by atoms with E-state index in [-0.39, 0.29) is 42.8 Å². The van der Waals surface area contributed by atoms with Crippen LogP contribution >= 0.6 is 15.9 Å². The smallest absolute Gasteiger partial charge is 0.255 e. The van der Waals surface area contributed by atoms with Gasteiger partial charge in [0.25, 0.3) is 5.91 Å². The highest BCUT2D eigenvalue weighted by Crippen LogP contribution is 2.39. The zero-order chi connectivity index (χ0) is 41.2. The fourth-order valence-electron chi connectivity index (χ4n) is 9.26. The minimum atomic E-state index is -0.708. The number of piperidine rings is 3. The summed E-state index contributed by atoms with van der Waals surface area (Å²) in [6.45, 7) is 10.2. The van der Waals surface area contributed by atoms with Crippen molar-refractivity contribution < 1.29 is 28.2 Å². The number of aryl methyl sites for hydroxylation is 1. The van der Waals surface area contributed by atoms with Crippen molar-refractivity contribution in [2.75, 3.05) is 51.7 Å². The van der Waals surface area contributed by atoms with Crippen LogP contribution in [0.15, 0.2) is 53.0 Å². The average molecular weight is 871 g/mol. The molecule has 3 fully saturated rings. The first-order valence-corrected chi connectivity index (χ1v) is 21.8. The van der Waals surface area contributed by atoms with Crippen molar-refractivity contribution in [1.29, 1.82) is 0 Å². The highest BCUT2D eigenvalue weighted by molar-refractivity contribution is 9.10. The van der Waals surface area contributed by atoms with Gasteiger partial charge in [-0.2, -0.15) is 0 Å². The number of rotatable bonds is 13. The Morgan fingerprint density at radius 3 is 2.36 bits per heavy atom. The summed E-state index contributed by atoms with van der Waals surface area (Å²) < 4.78 is 28.3. The summed E-state index contributed by atoms with van der Waals surface area (Å²) >= 11 is 3.58. The topological polar surface area (TPSA) is 129 Å². The van der Waals surface area contributed by atoms with Gasteiger partial charge in [0.1, 0.15) is 29.6 Å². The molecule has 14 heteroatoms. The summed E-state index contributed by atoms with van der Waals surface area (Å²) in [5, 5.41) is 6.81. The standard InChI is InChI=1S/C45H53BrFN7O5/c1-27(30-7-6-8-31(46)21-30)48-43-36-24-40(58-3)41(25-38(36)49-28(2)50-43)59-33-13-19-53(20-14-33)16-5-4-15-52-17-11-29(12-18-52)34-22-32(47)23-35-37(34)26-54(45(35)57)39-9-10-42(55)51-44(39)56/h6-8,21-25,27,29,33,39H,4-5,9-20,26H2,1-3H3,(H,48,49,50)(H,51,55,56)/t27-,39?/m1/s1. The fraction of sp³-hybridized carbons (Fsp3) is 0.489. The molecule has 12 nitrogen and oxygen atoms in total. The van der Waals surface area contributed by atoms with Crippen LogP contribution in [0.1, 0.15) is 103 Å². The third-order valence-corrected chi connectivity index (χ3v) is 13.0. The zero-order valence-corrected chi connectivity index (χ0v) is 35.7. The Balaban J connectivity index is 0.786. The lowest BCUT2D eigenvalue weighted by Crippen LogP contribution is -2.52. The highest BCUT2D eigenvalue weighted by atomic mass is 79.9. The van der Waals surface area contributed by atoms with Crippen LogP contribution < -0.4 is 20.1 Å². The van der Waals surface area contributed by atoms with Gasteiger partial charge in [0.05, 0.1) is 18.7 Å². The molecule has 312 valence electrons. The predicted molar refractivity (Wildman–Crippen MR) is 227 cm³/mol. The van der Waals surface area contributed by atoms with E-state index in [0.29, 0.717) is 29.3 Å². The lowest BCUT2D eigenvalue weighted by molar-refractivity contribution is -0.136. The van der Waals surface area contributed by atoms with Gasteiger partial charge in [0, 0.05) is 47.5 Å². The number of nitrogens with one attached hydrogen (secondary N) is 2. The van der Waals surface area contributed by atoms with Crippen LogP contribution in [-0.2, 0) is 16.1 Å². The largest absolute Gasteiger partial charge is 0.493 e. The van der Waals surface area contributed by atoms with E-state index < -0.39 is 17.8 Å². The molecule has 4 aliphatic rings. The maximum Gasteiger partial charge on any atom is 0.255 e. The van der Waals surface area contributed by atoms with Gasteiger partial charge < -0.3 is 29.5 Å². The number of methoxy groups -OCH3 is 1. The van der Waals surface area contributed by atoms with Crippen LogP contribution in [-0.4, -0.2) is 101 Å². The molecule has 0 bridgehead atoms. The van der Waals surface area contributed by atoms with Gasteiger partial charge in [0.15, 0.2) is 11.5 Å². The number of hydrogen-bond acceptors (Lipinski definition) is 10. The van der Waals surface area contributed by atoms with Crippen molar-refractivity contribution in [1.82, 2.24) is 30.0 Å². The van der Waals surface area contributed by atoms with Gasteiger partial charge in [0.2, 0.25) is 11.8 Å². The zero-order valence-electron chi connectivity index (χ0n) is 34.1. The van der Waals surface area contributed by atoms with Gasteiger partial charge in [-0.15, -0.1) is 0 Å². The molecule has 4 aromatic rings. The Morgan fingerprint density at radius 2 is 1.66 bits per heavy atom. The molecular weight excluding hydrogens is 817 g/mol. The van der Waals surface area contributed by atoms with Gasteiger partial charge in [-0.25, -0.2) is 14.4 Å². The number of carbonyl (C=O) groups is 3. The summed E-state index contributed by atoms with van der Waals surface area (Å²) in [6, 6.07) is 14.4. The average Bonchev–Trinajstić information content (AvgIpc) is 3.54. The molecule has 8 rings (SSSR count). The Labute approximate surface area is 353 Å². The first-order valence-electron chi connectivity index (χ1n) is 21.0.